The summed E-state index contributed by atoms with van der Waals surface area (Å²) in [6, 6.07) is 15.3. The fraction of sp³-hybridized carbons (Fsp3) is 0.367. The molecule has 0 bridgehead atoms. The minimum Gasteiger partial charge on any atom is -0.423 e. The first-order chi connectivity index (χ1) is 17.4. The molecular weight excluding hydrogens is 446 g/mol. The number of nitrogens with one attached hydrogen (secondary N) is 1. The molecular formula is C30H39N5O. The smallest absolute Gasteiger partial charge is 0.300 e. The molecule has 2 heterocycles. The summed E-state index contributed by atoms with van der Waals surface area (Å²) in [7, 11) is 4.27. The zero-order valence-electron chi connectivity index (χ0n) is 22.3. The molecule has 1 fully saturated rings. The maximum absolute atomic E-state index is 6.20. The molecule has 1 saturated heterocycles. The molecule has 0 aliphatic carbocycles. The molecule has 0 saturated carbocycles. The van der Waals surface area contributed by atoms with E-state index in [1.54, 1.807) is 0 Å². The van der Waals surface area contributed by atoms with E-state index in [0.29, 0.717) is 6.01 Å². The Morgan fingerprint density at radius 2 is 1.81 bits per heavy atom. The fourth-order valence-electron chi connectivity index (χ4n) is 4.61. The summed E-state index contributed by atoms with van der Waals surface area (Å²) in [6.07, 6.45) is 3.80. The zero-order chi connectivity index (χ0) is 25.7. The van der Waals surface area contributed by atoms with Crippen molar-refractivity contribution < 1.29 is 4.42 Å². The van der Waals surface area contributed by atoms with E-state index < -0.39 is 0 Å². The van der Waals surface area contributed by atoms with Crippen molar-refractivity contribution in [3.8, 4) is 0 Å². The van der Waals surface area contributed by atoms with Crippen molar-refractivity contribution >= 4 is 29.0 Å². The predicted molar refractivity (Wildman–Crippen MR) is 151 cm³/mol. The zero-order valence-corrected chi connectivity index (χ0v) is 22.3. The molecule has 0 atom stereocenters. The first-order valence-electron chi connectivity index (χ1n) is 12.7. The van der Waals surface area contributed by atoms with Crippen molar-refractivity contribution in [3.63, 3.8) is 0 Å². The molecule has 0 radical (unpaired) electrons. The molecule has 0 amide bonds. The molecule has 0 unspecified atom stereocenters. The molecule has 1 aromatic heterocycles. The molecule has 6 heteroatoms. The van der Waals surface area contributed by atoms with Gasteiger partial charge in [-0.2, -0.15) is 4.98 Å². The fourth-order valence-corrected chi connectivity index (χ4v) is 4.61. The van der Waals surface area contributed by atoms with E-state index in [2.05, 4.69) is 97.0 Å². The van der Waals surface area contributed by atoms with Crippen LogP contribution in [0.4, 0.5) is 17.4 Å². The largest absolute Gasteiger partial charge is 0.423 e. The lowest BCUT2D eigenvalue weighted by Crippen LogP contribution is -2.48. The molecule has 6 nitrogen and oxygen atoms in total. The average Bonchev–Trinajstić information content (AvgIpc) is 3.27. The van der Waals surface area contributed by atoms with Gasteiger partial charge in [0.2, 0.25) is 0 Å². The number of oxazole rings is 1. The monoisotopic (exact) mass is 485 g/mol. The molecule has 1 aliphatic rings. The lowest BCUT2D eigenvalue weighted by Gasteiger charge is -2.37. The Morgan fingerprint density at radius 1 is 1.08 bits per heavy atom. The van der Waals surface area contributed by atoms with Crippen LogP contribution in [-0.4, -0.2) is 68.1 Å². The van der Waals surface area contributed by atoms with Gasteiger partial charge >= 0.3 is 0 Å². The second-order valence-corrected chi connectivity index (χ2v) is 9.76. The molecule has 2 aromatic carbocycles. The lowest BCUT2D eigenvalue weighted by molar-refractivity contribution is 0.229. The maximum atomic E-state index is 6.20. The van der Waals surface area contributed by atoms with Gasteiger partial charge in [-0.3, -0.25) is 4.90 Å². The summed E-state index contributed by atoms with van der Waals surface area (Å²) in [6.45, 7) is 16.8. The van der Waals surface area contributed by atoms with Gasteiger partial charge < -0.3 is 19.5 Å². The molecule has 0 spiro atoms. The second-order valence-electron chi connectivity index (χ2n) is 9.76. The van der Waals surface area contributed by atoms with Crippen LogP contribution in [0, 0.1) is 13.8 Å². The number of aryl methyl sites for hydroxylation is 2. The van der Waals surface area contributed by atoms with Crippen LogP contribution in [0.25, 0.3) is 11.6 Å². The maximum Gasteiger partial charge on any atom is 0.300 e. The van der Waals surface area contributed by atoms with Gasteiger partial charge in [0.15, 0.2) is 5.42 Å². The number of aromatic nitrogens is 1. The van der Waals surface area contributed by atoms with Crippen molar-refractivity contribution in [2.75, 3.05) is 63.6 Å². The number of hydrogen-bond acceptors (Lipinski definition) is 6. The number of hydrogen-bond donors (Lipinski definition) is 1. The Hall–Kier alpha value is -3.35. The number of anilines is 3. The molecule has 1 aliphatic heterocycles. The van der Waals surface area contributed by atoms with Crippen molar-refractivity contribution in [1.82, 2.24) is 14.8 Å². The normalized spacial score (nSPS) is 15.9. The third-order valence-electron chi connectivity index (χ3n) is 6.76. The van der Waals surface area contributed by atoms with Gasteiger partial charge in [-0.1, -0.05) is 48.6 Å². The van der Waals surface area contributed by atoms with Gasteiger partial charge in [0, 0.05) is 56.2 Å². The third kappa shape index (κ3) is 6.07. The minimum absolute atomic E-state index is 0.478. The first-order valence-corrected chi connectivity index (χ1v) is 12.7. The van der Waals surface area contributed by atoms with E-state index >= 15 is 0 Å². The van der Waals surface area contributed by atoms with Crippen molar-refractivity contribution in [2.45, 2.75) is 20.8 Å². The highest BCUT2D eigenvalue weighted by atomic mass is 16.4. The van der Waals surface area contributed by atoms with Gasteiger partial charge in [-0.25, -0.2) is 0 Å². The Balaban J connectivity index is 1.51. The molecule has 1 N–H and O–H groups in total. The number of benzene rings is 2. The van der Waals surface area contributed by atoms with Crippen molar-refractivity contribution in [1.29, 1.82) is 0 Å². The van der Waals surface area contributed by atoms with Crippen LogP contribution in [0.15, 0.2) is 59.5 Å². The standard InChI is InChI=1S/C30H39N5O/c1-7-26(24-11-9-22(3)10-12-24)29-27(8-2)32-30(36-29)31-25-13-14-28(23(4)21-25)35-19-17-34(18-20-35)16-15-33(5)6/h7-14,21H,1,15-20H2,2-6H3,(H,31,32)/b27-8+,29-26-. The number of nitrogens with zero attached hydrogens (tertiary/aromatic N) is 4. The van der Waals surface area contributed by atoms with Gasteiger partial charge in [-0.05, 0) is 64.2 Å². The molecule has 3 aromatic rings. The van der Waals surface area contributed by atoms with Crippen LogP contribution in [0.3, 0.4) is 0 Å². The van der Waals surface area contributed by atoms with E-state index in [0.717, 1.165) is 66.9 Å². The Bertz CT molecular complexity index is 1300. The van der Waals surface area contributed by atoms with Crippen molar-refractivity contribution in [2.24, 2.45) is 0 Å². The van der Waals surface area contributed by atoms with Crippen LogP contribution in [0.1, 0.15) is 23.6 Å². The Morgan fingerprint density at radius 3 is 2.42 bits per heavy atom. The third-order valence-corrected chi connectivity index (χ3v) is 6.76. The highest BCUT2D eigenvalue weighted by molar-refractivity contribution is 5.72. The number of rotatable bonds is 8. The van der Waals surface area contributed by atoms with Crippen LogP contribution >= 0.6 is 0 Å². The van der Waals surface area contributed by atoms with Gasteiger partial charge in [-0.15, -0.1) is 0 Å². The Kier molecular flexibility index (Phi) is 8.28. The second kappa shape index (κ2) is 11.6. The summed E-state index contributed by atoms with van der Waals surface area (Å²) in [4.78, 5) is 12.0. The molecule has 36 heavy (non-hydrogen) atoms. The van der Waals surface area contributed by atoms with Crippen molar-refractivity contribution in [3.05, 3.63) is 82.6 Å². The van der Waals surface area contributed by atoms with Crippen LogP contribution in [0.2, 0.25) is 0 Å². The summed E-state index contributed by atoms with van der Waals surface area (Å²) in [5.41, 5.74) is 7.43. The number of allylic oxidation sites excluding steroid dienone is 1. The topological polar surface area (TPSA) is 47.8 Å². The van der Waals surface area contributed by atoms with E-state index in [-0.39, 0.29) is 0 Å². The van der Waals surface area contributed by atoms with E-state index in [1.807, 2.05) is 19.1 Å². The van der Waals surface area contributed by atoms with Crippen LogP contribution < -0.4 is 21.0 Å². The average molecular weight is 486 g/mol. The van der Waals surface area contributed by atoms with Gasteiger partial charge in [0.1, 0.15) is 5.35 Å². The summed E-state index contributed by atoms with van der Waals surface area (Å²) in [5, 5.41) is 4.17. The summed E-state index contributed by atoms with van der Waals surface area (Å²) >= 11 is 0. The summed E-state index contributed by atoms with van der Waals surface area (Å²) in [5.74, 6) is 0. The van der Waals surface area contributed by atoms with E-state index in [9.17, 15) is 0 Å². The predicted octanol–water partition coefficient (Wildman–Crippen LogP) is 3.90. The number of likely N-dealkylation sites (N-methyl/N-ethyl adjacent to an activating group) is 1. The van der Waals surface area contributed by atoms with E-state index in [4.69, 9.17) is 9.40 Å². The molecule has 190 valence electrons. The highest BCUT2D eigenvalue weighted by Gasteiger charge is 2.18. The minimum atomic E-state index is 0.478. The molecule has 4 rings (SSSR count). The summed E-state index contributed by atoms with van der Waals surface area (Å²) < 4.78 is 6.20. The van der Waals surface area contributed by atoms with Crippen LogP contribution in [-0.2, 0) is 0 Å². The highest BCUT2D eigenvalue weighted by Crippen LogP contribution is 2.26. The van der Waals surface area contributed by atoms with Gasteiger partial charge in [0.05, 0.1) is 0 Å². The van der Waals surface area contributed by atoms with E-state index in [1.165, 1.54) is 16.8 Å². The number of piperazine rings is 1. The quantitative estimate of drug-likeness (QED) is 0.522. The SMILES string of the molecule is C=C/C(c1ccc(C)cc1)=c1/oc(Nc2ccc(N3CCN(CCN(C)C)CC3)c(C)c2)n/c1=C/C. The van der Waals surface area contributed by atoms with Gasteiger partial charge in [0.25, 0.3) is 6.01 Å². The first kappa shape index (κ1) is 25.7. The Labute approximate surface area is 215 Å². The lowest BCUT2D eigenvalue weighted by atomic mass is 10.0. The van der Waals surface area contributed by atoms with Crippen LogP contribution in [0.5, 0.6) is 0 Å².